The van der Waals surface area contributed by atoms with Crippen molar-refractivity contribution in [3.8, 4) is 0 Å². The van der Waals surface area contributed by atoms with E-state index in [0.717, 1.165) is 49.3 Å². The molecule has 4 heteroatoms. The summed E-state index contributed by atoms with van der Waals surface area (Å²) in [5, 5.41) is 9.52. The zero-order valence-electron chi connectivity index (χ0n) is 8.66. The molecule has 3 nitrogen and oxygen atoms in total. The van der Waals surface area contributed by atoms with Gasteiger partial charge in [-0.15, -0.1) is 0 Å². The van der Waals surface area contributed by atoms with Crippen molar-refractivity contribution in [1.29, 1.82) is 0 Å². The van der Waals surface area contributed by atoms with Crippen LogP contribution in [-0.2, 0) is 6.54 Å². The SMILES string of the molecule is OC1CCCN(Cc2ccc(Br)o2)CC1. The van der Waals surface area contributed by atoms with Gasteiger partial charge in [-0.1, -0.05) is 0 Å². The van der Waals surface area contributed by atoms with Crippen molar-refractivity contribution >= 4 is 15.9 Å². The number of nitrogens with zero attached hydrogens (tertiary/aromatic N) is 1. The lowest BCUT2D eigenvalue weighted by molar-refractivity contribution is 0.153. The average molecular weight is 274 g/mol. The average Bonchev–Trinajstić information content (AvgIpc) is 2.48. The Balaban J connectivity index is 1.88. The fraction of sp³-hybridized carbons (Fsp3) is 0.636. The summed E-state index contributed by atoms with van der Waals surface area (Å²) in [4.78, 5) is 2.33. The van der Waals surface area contributed by atoms with Gasteiger partial charge in [0.15, 0.2) is 4.67 Å². The monoisotopic (exact) mass is 273 g/mol. The molecule has 1 aliphatic heterocycles. The summed E-state index contributed by atoms with van der Waals surface area (Å²) in [7, 11) is 0. The van der Waals surface area contributed by atoms with Crippen molar-refractivity contribution < 1.29 is 9.52 Å². The first kappa shape index (κ1) is 11.2. The van der Waals surface area contributed by atoms with Gasteiger partial charge in [-0.2, -0.15) is 0 Å². The molecule has 1 fully saturated rings. The Morgan fingerprint density at radius 2 is 2.27 bits per heavy atom. The molecule has 1 aliphatic rings. The van der Waals surface area contributed by atoms with Crippen molar-refractivity contribution in [3.05, 3.63) is 22.6 Å². The van der Waals surface area contributed by atoms with E-state index in [1.54, 1.807) is 0 Å². The molecule has 0 aromatic carbocycles. The fourth-order valence-electron chi connectivity index (χ4n) is 1.95. The zero-order valence-corrected chi connectivity index (χ0v) is 10.2. The van der Waals surface area contributed by atoms with Gasteiger partial charge in [0.1, 0.15) is 5.76 Å². The highest BCUT2D eigenvalue weighted by Gasteiger charge is 2.15. The van der Waals surface area contributed by atoms with E-state index in [1.165, 1.54) is 0 Å². The first-order chi connectivity index (χ1) is 7.24. The molecular formula is C11H16BrNO2. The number of aliphatic hydroxyl groups is 1. The van der Waals surface area contributed by atoms with Crippen LogP contribution >= 0.6 is 15.9 Å². The predicted molar refractivity (Wildman–Crippen MR) is 61.5 cm³/mol. The molecule has 0 bridgehead atoms. The Labute approximate surface area is 98.2 Å². The number of hydrogen-bond acceptors (Lipinski definition) is 3. The molecular weight excluding hydrogens is 258 g/mol. The van der Waals surface area contributed by atoms with Crippen LogP contribution in [0.4, 0.5) is 0 Å². The van der Waals surface area contributed by atoms with Crippen LogP contribution in [0.2, 0.25) is 0 Å². The molecule has 2 heterocycles. The normalized spacial score (nSPS) is 24.0. The number of hydrogen-bond donors (Lipinski definition) is 1. The first-order valence-corrected chi connectivity index (χ1v) is 6.18. The summed E-state index contributed by atoms with van der Waals surface area (Å²) < 4.78 is 6.25. The zero-order chi connectivity index (χ0) is 10.7. The third-order valence-corrected chi connectivity index (χ3v) is 3.22. The van der Waals surface area contributed by atoms with Crippen LogP contribution in [0.3, 0.4) is 0 Å². The molecule has 0 aliphatic carbocycles. The molecule has 2 rings (SSSR count). The molecule has 15 heavy (non-hydrogen) atoms. The van der Waals surface area contributed by atoms with E-state index in [-0.39, 0.29) is 6.10 Å². The van der Waals surface area contributed by atoms with Gasteiger partial charge in [-0.25, -0.2) is 0 Å². The Morgan fingerprint density at radius 1 is 1.40 bits per heavy atom. The van der Waals surface area contributed by atoms with E-state index in [2.05, 4.69) is 20.8 Å². The van der Waals surface area contributed by atoms with Crippen LogP contribution in [-0.4, -0.2) is 29.2 Å². The third kappa shape index (κ3) is 3.33. The molecule has 1 atom stereocenters. The molecule has 0 radical (unpaired) electrons. The Bertz CT molecular complexity index is 313. The highest BCUT2D eigenvalue weighted by Crippen LogP contribution is 2.18. The molecule has 1 saturated heterocycles. The molecule has 1 unspecified atom stereocenters. The second-order valence-electron chi connectivity index (χ2n) is 4.07. The minimum absolute atomic E-state index is 0.113. The van der Waals surface area contributed by atoms with Gasteiger partial charge in [0.25, 0.3) is 0 Å². The van der Waals surface area contributed by atoms with E-state index >= 15 is 0 Å². The van der Waals surface area contributed by atoms with Gasteiger partial charge in [0.2, 0.25) is 0 Å². The van der Waals surface area contributed by atoms with Gasteiger partial charge in [-0.05, 0) is 53.9 Å². The Morgan fingerprint density at radius 3 is 3.00 bits per heavy atom. The molecule has 1 aromatic rings. The number of furan rings is 1. The van der Waals surface area contributed by atoms with Crippen molar-refractivity contribution in [2.75, 3.05) is 13.1 Å². The molecule has 1 aromatic heterocycles. The van der Waals surface area contributed by atoms with Crippen molar-refractivity contribution in [2.45, 2.75) is 31.9 Å². The van der Waals surface area contributed by atoms with E-state index < -0.39 is 0 Å². The predicted octanol–water partition coefficient (Wildman–Crippen LogP) is 2.39. The maximum Gasteiger partial charge on any atom is 0.169 e. The Kier molecular flexibility index (Phi) is 3.83. The van der Waals surface area contributed by atoms with E-state index in [9.17, 15) is 5.11 Å². The highest BCUT2D eigenvalue weighted by molar-refractivity contribution is 9.10. The first-order valence-electron chi connectivity index (χ1n) is 5.38. The van der Waals surface area contributed by atoms with Crippen LogP contribution in [0.5, 0.6) is 0 Å². The van der Waals surface area contributed by atoms with Crippen LogP contribution in [0.15, 0.2) is 21.2 Å². The summed E-state index contributed by atoms with van der Waals surface area (Å²) in [6.07, 6.45) is 2.77. The topological polar surface area (TPSA) is 36.6 Å². The van der Waals surface area contributed by atoms with Gasteiger partial charge in [0.05, 0.1) is 12.6 Å². The molecule has 1 N–H and O–H groups in total. The van der Waals surface area contributed by atoms with E-state index in [1.807, 2.05) is 12.1 Å². The fourth-order valence-corrected chi connectivity index (χ4v) is 2.29. The molecule has 84 valence electrons. The minimum Gasteiger partial charge on any atom is -0.453 e. The van der Waals surface area contributed by atoms with Crippen LogP contribution < -0.4 is 0 Å². The van der Waals surface area contributed by atoms with Crippen molar-refractivity contribution in [3.63, 3.8) is 0 Å². The van der Waals surface area contributed by atoms with Gasteiger partial charge < -0.3 is 9.52 Å². The highest BCUT2D eigenvalue weighted by atomic mass is 79.9. The minimum atomic E-state index is -0.113. The second kappa shape index (κ2) is 5.14. The van der Waals surface area contributed by atoms with Crippen LogP contribution in [0.25, 0.3) is 0 Å². The standard InChI is InChI=1S/C11H16BrNO2/c12-11-4-3-10(15-11)8-13-6-1-2-9(14)5-7-13/h3-4,9,14H,1-2,5-8H2. The maximum absolute atomic E-state index is 9.52. The summed E-state index contributed by atoms with van der Waals surface area (Å²) in [6, 6.07) is 3.91. The molecule has 0 amide bonds. The molecule has 0 spiro atoms. The summed E-state index contributed by atoms with van der Waals surface area (Å²) >= 11 is 3.30. The molecule has 0 saturated carbocycles. The van der Waals surface area contributed by atoms with Crippen molar-refractivity contribution in [2.24, 2.45) is 0 Å². The van der Waals surface area contributed by atoms with Gasteiger partial charge in [-0.3, -0.25) is 4.90 Å². The number of aliphatic hydroxyl groups excluding tert-OH is 1. The summed E-state index contributed by atoms with van der Waals surface area (Å²) in [5.74, 6) is 0.985. The number of halogens is 1. The maximum atomic E-state index is 9.52. The lowest BCUT2D eigenvalue weighted by atomic mass is 10.2. The quantitative estimate of drug-likeness (QED) is 0.899. The summed E-state index contributed by atoms with van der Waals surface area (Å²) in [6.45, 7) is 2.85. The lowest BCUT2D eigenvalue weighted by Gasteiger charge is -2.17. The lowest BCUT2D eigenvalue weighted by Crippen LogP contribution is -2.24. The third-order valence-electron chi connectivity index (χ3n) is 2.80. The van der Waals surface area contributed by atoms with Gasteiger partial charge >= 0.3 is 0 Å². The Hall–Kier alpha value is -0.320. The second-order valence-corrected chi connectivity index (χ2v) is 4.85. The van der Waals surface area contributed by atoms with Crippen LogP contribution in [0.1, 0.15) is 25.0 Å². The van der Waals surface area contributed by atoms with E-state index in [0.29, 0.717) is 0 Å². The smallest absolute Gasteiger partial charge is 0.169 e. The number of rotatable bonds is 2. The van der Waals surface area contributed by atoms with E-state index in [4.69, 9.17) is 4.42 Å². The van der Waals surface area contributed by atoms with Gasteiger partial charge in [0, 0.05) is 6.54 Å². The largest absolute Gasteiger partial charge is 0.453 e. The summed E-state index contributed by atoms with van der Waals surface area (Å²) in [5.41, 5.74) is 0. The van der Waals surface area contributed by atoms with Crippen LogP contribution in [0, 0.1) is 0 Å². The number of likely N-dealkylation sites (tertiary alicyclic amines) is 1. The van der Waals surface area contributed by atoms with Crippen molar-refractivity contribution in [1.82, 2.24) is 4.90 Å².